The van der Waals surface area contributed by atoms with E-state index in [4.69, 9.17) is 37.9 Å². The number of benzene rings is 2. The fourth-order valence-corrected chi connectivity index (χ4v) is 6.66. The maximum absolute atomic E-state index is 13.2. The van der Waals surface area contributed by atoms with Gasteiger partial charge < -0.3 is 21.1 Å². The van der Waals surface area contributed by atoms with Crippen molar-refractivity contribution in [3.63, 3.8) is 0 Å². The lowest BCUT2D eigenvalue weighted by atomic mass is 9.99. The van der Waals surface area contributed by atoms with E-state index in [-0.39, 0.29) is 49.4 Å². The molecule has 1 aliphatic rings. The number of amides is 2. The summed E-state index contributed by atoms with van der Waals surface area (Å²) in [7, 11) is 1.29. The number of esters is 1. The molecule has 0 spiro atoms. The predicted molar refractivity (Wildman–Crippen MR) is 192 cm³/mol. The van der Waals surface area contributed by atoms with Crippen LogP contribution < -0.4 is 21.3 Å². The quantitative estimate of drug-likeness (QED) is 0.0667. The molecule has 2 aromatic carbocycles. The number of hydrogen-bond donors (Lipinski definition) is 5. The molecule has 0 radical (unpaired) electrons. The molecule has 1 aromatic heterocycles. The fourth-order valence-electron chi connectivity index (χ4n) is 5.31. The Hall–Kier alpha value is -4.83. The largest absolute Gasteiger partial charge is 0.465 e. The molecule has 6 N–H and O–H groups in total. The third kappa shape index (κ3) is 8.17. The second-order valence-corrected chi connectivity index (χ2v) is 12.8. The van der Waals surface area contributed by atoms with Crippen LogP contribution >= 0.6 is 22.9 Å². The van der Waals surface area contributed by atoms with Gasteiger partial charge in [-0.05, 0) is 69.5 Å². The van der Waals surface area contributed by atoms with Gasteiger partial charge in [0.1, 0.15) is 22.7 Å². The van der Waals surface area contributed by atoms with E-state index in [2.05, 4.69) is 22.5 Å². The summed E-state index contributed by atoms with van der Waals surface area (Å²) in [5.41, 5.74) is 10.5. The zero-order valence-corrected chi connectivity index (χ0v) is 29.0. The third-order valence-electron chi connectivity index (χ3n) is 7.72. The van der Waals surface area contributed by atoms with Crippen LogP contribution in [-0.4, -0.2) is 61.4 Å². The highest BCUT2D eigenvalue weighted by Gasteiger charge is 2.34. The molecule has 2 amide bonds. The van der Waals surface area contributed by atoms with E-state index in [1.165, 1.54) is 18.4 Å². The lowest BCUT2D eigenvalue weighted by molar-refractivity contribution is -0.121. The number of anilines is 2. The number of nitrogens with zero attached hydrogens (tertiary/aromatic N) is 2. The van der Waals surface area contributed by atoms with Gasteiger partial charge in [0.25, 0.3) is 0 Å². The van der Waals surface area contributed by atoms with E-state index in [9.17, 15) is 14.4 Å². The van der Waals surface area contributed by atoms with Crippen LogP contribution in [0, 0.1) is 43.4 Å². The summed E-state index contributed by atoms with van der Waals surface area (Å²) in [5, 5.41) is 24.5. The molecule has 2 heterocycles. The minimum atomic E-state index is -0.855. The minimum absolute atomic E-state index is 0.0347. The Balaban J connectivity index is 1.44. The number of halogens is 1. The molecule has 3 aromatic rings. The average Bonchev–Trinajstić information content (AvgIpc) is 3.25. The minimum Gasteiger partial charge on any atom is -0.465 e. The van der Waals surface area contributed by atoms with E-state index >= 15 is 0 Å². The molecular formula is C35H38ClN7O4S. The first kappa shape index (κ1) is 36.0. The molecule has 0 bridgehead atoms. The second kappa shape index (κ2) is 15.8. The van der Waals surface area contributed by atoms with E-state index in [0.717, 1.165) is 26.6 Å². The van der Waals surface area contributed by atoms with Gasteiger partial charge in [0, 0.05) is 45.2 Å². The van der Waals surface area contributed by atoms with E-state index in [1.807, 2.05) is 26.0 Å². The van der Waals surface area contributed by atoms with Crippen LogP contribution in [-0.2, 0) is 14.3 Å². The molecule has 11 nitrogen and oxygen atoms in total. The Morgan fingerprint density at radius 2 is 1.85 bits per heavy atom. The Bertz CT molecular complexity index is 1870. The van der Waals surface area contributed by atoms with Crippen molar-refractivity contribution in [2.75, 3.05) is 30.4 Å². The molecule has 48 heavy (non-hydrogen) atoms. The number of methoxy groups -OCH3 is 1. The van der Waals surface area contributed by atoms with Gasteiger partial charge in [-0.2, -0.15) is 0 Å². The molecule has 1 aliphatic heterocycles. The molecule has 0 unspecified atom stereocenters. The summed E-state index contributed by atoms with van der Waals surface area (Å²) >= 11 is 7.65. The molecule has 0 saturated carbocycles. The van der Waals surface area contributed by atoms with Gasteiger partial charge in [0.05, 0.1) is 31.4 Å². The molecule has 4 rings (SSSR count). The number of nitrogens with two attached hydrogens (primary N) is 1. The smallest absolute Gasteiger partial charge is 0.339 e. The van der Waals surface area contributed by atoms with Crippen molar-refractivity contribution < 1.29 is 19.1 Å². The van der Waals surface area contributed by atoms with Crippen LogP contribution in [0.15, 0.2) is 41.4 Å². The zero-order chi connectivity index (χ0) is 35.1. The standard InChI is InChI=1S/C35H38ClN7O4S/c1-19-16-26(17-24(8-6-14-37)30(19)35(46)47-5)41-28(44)9-7-15-40-29(45)18-27-33(39)43(22(4)38)34-31(20(2)21(3)48-34)32(42-27)23-10-12-25(36)13-11-23/h10-13,16-17,27,38-39H,7,9,14-15,18,37H2,1-5H3,(H,40,45)(H,41,44)/t27-/m0/s1. The number of ether oxygens (including phenoxy) is 1. The summed E-state index contributed by atoms with van der Waals surface area (Å²) in [5.74, 6) is 4.64. The summed E-state index contributed by atoms with van der Waals surface area (Å²) in [6.45, 7) is 7.67. The van der Waals surface area contributed by atoms with Crippen molar-refractivity contribution in [2.24, 2.45) is 10.7 Å². The van der Waals surface area contributed by atoms with Crippen molar-refractivity contribution in [2.45, 2.75) is 53.0 Å². The van der Waals surface area contributed by atoms with Crippen molar-refractivity contribution in [3.8, 4) is 11.8 Å². The van der Waals surface area contributed by atoms with Crippen molar-refractivity contribution in [1.29, 1.82) is 10.8 Å². The number of thiophene rings is 1. The Morgan fingerprint density at radius 1 is 1.15 bits per heavy atom. The fraction of sp³-hybridized carbons (Fsp3) is 0.314. The molecule has 13 heteroatoms. The molecule has 0 aliphatic carbocycles. The van der Waals surface area contributed by atoms with Crippen molar-refractivity contribution in [3.05, 3.63) is 79.7 Å². The summed E-state index contributed by atoms with van der Waals surface area (Å²) in [6.07, 6.45) is 0.371. The van der Waals surface area contributed by atoms with Crippen LogP contribution in [0.25, 0.3) is 0 Å². The first-order chi connectivity index (χ1) is 22.9. The topological polar surface area (TPSA) is 174 Å². The van der Waals surface area contributed by atoms with E-state index in [1.54, 1.807) is 43.0 Å². The monoisotopic (exact) mass is 687 g/mol. The van der Waals surface area contributed by atoms with E-state index in [0.29, 0.717) is 39.5 Å². The average molecular weight is 688 g/mol. The van der Waals surface area contributed by atoms with Crippen LogP contribution in [0.4, 0.5) is 10.7 Å². The van der Waals surface area contributed by atoms with Crippen molar-refractivity contribution >= 4 is 68.8 Å². The third-order valence-corrected chi connectivity index (χ3v) is 9.16. The van der Waals surface area contributed by atoms with Crippen LogP contribution in [0.2, 0.25) is 5.02 Å². The predicted octanol–water partition coefficient (Wildman–Crippen LogP) is 5.35. The summed E-state index contributed by atoms with van der Waals surface area (Å²) < 4.78 is 4.87. The summed E-state index contributed by atoms with van der Waals surface area (Å²) in [4.78, 5) is 45.7. The SMILES string of the molecule is COC(=O)c1c(C)cc(NC(=O)CCCNC(=O)C[C@@H]2N=C(c3ccc(Cl)cc3)c3c(sc(C)c3C)N(C(C)=N)C2=N)cc1C#CCN. The Morgan fingerprint density at radius 3 is 2.50 bits per heavy atom. The lowest BCUT2D eigenvalue weighted by Gasteiger charge is -2.24. The molecule has 1 atom stereocenters. The maximum atomic E-state index is 13.2. The molecule has 0 saturated heterocycles. The van der Waals surface area contributed by atoms with E-state index < -0.39 is 12.0 Å². The van der Waals surface area contributed by atoms with Crippen LogP contribution in [0.3, 0.4) is 0 Å². The van der Waals surface area contributed by atoms with Crippen LogP contribution in [0.5, 0.6) is 0 Å². The first-order valence-electron chi connectivity index (χ1n) is 15.2. The molecular weight excluding hydrogens is 650 g/mol. The molecule has 250 valence electrons. The number of fused-ring (bicyclic) bond motifs is 1. The highest BCUT2D eigenvalue weighted by Crippen LogP contribution is 2.40. The Labute approximate surface area is 288 Å². The normalized spacial score (nSPS) is 13.8. The molecule has 0 fully saturated rings. The summed E-state index contributed by atoms with van der Waals surface area (Å²) in [6, 6.07) is 9.68. The maximum Gasteiger partial charge on any atom is 0.339 e. The van der Waals surface area contributed by atoms with Crippen molar-refractivity contribution in [1.82, 2.24) is 5.32 Å². The number of rotatable bonds is 9. The van der Waals surface area contributed by atoms with Gasteiger partial charge in [-0.25, -0.2) is 4.79 Å². The lowest BCUT2D eigenvalue weighted by Crippen LogP contribution is -2.42. The highest BCUT2D eigenvalue weighted by molar-refractivity contribution is 7.17. The van der Waals surface area contributed by atoms with Gasteiger partial charge in [0.2, 0.25) is 11.8 Å². The number of nitrogens with one attached hydrogen (secondary N) is 4. The first-order valence-corrected chi connectivity index (χ1v) is 16.4. The number of carbonyl (C=O) groups excluding carboxylic acids is 3. The number of aliphatic imine (C=N–C) groups is 1. The van der Waals surface area contributed by atoms with Gasteiger partial charge in [-0.3, -0.25) is 30.3 Å². The number of carbonyl (C=O) groups is 3. The highest BCUT2D eigenvalue weighted by atomic mass is 35.5. The number of amidine groups is 2. The second-order valence-electron chi connectivity index (χ2n) is 11.2. The van der Waals surface area contributed by atoms with Crippen LogP contribution in [0.1, 0.15) is 69.2 Å². The Kier molecular flexibility index (Phi) is 11.9. The van der Waals surface area contributed by atoms with Gasteiger partial charge in [0.15, 0.2) is 0 Å². The van der Waals surface area contributed by atoms with Gasteiger partial charge >= 0.3 is 5.97 Å². The number of aryl methyl sites for hydroxylation is 2. The van der Waals surface area contributed by atoms with Gasteiger partial charge in [-0.1, -0.05) is 35.6 Å². The number of hydrogen-bond acceptors (Lipinski definition) is 9. The van der Waals surface area contributed by atoms with Gasteiger partial charge in [-0.15, -0.1) is 11.3 Å². The zero-order valence-electron chi connectivity index (χ0n) is 27.5.